The van der Waals surface area contributed by atoms with Crippen LogP contribution in [0, 0.1) is 6.92 Å². The highest BCUT2D eigenvalue weighted by atomic mass is 15.0. The maximum atomic E-state index is 6.04. The van der Waals surface area contributed by atoms with E-state index in [-0.39, 0.29) is 0 Å². The van der Waals surface area contributed by atoms with Gasteiger partial charge in [0.1, 0.15) is 5.69 Å². The van der Waals surface area contributed by atoms with Gasteiger partial charge in [-0.25, -0.2) is 15.0 Å². The number of nitrogens with one attached hydrogen (secondary N) is 2. The van der Waals surface area contributed by atoms with Gasteiger partial charge in [-0.15, -0.1) is 0 Å². The normalized spacial score (nSPS) is 14.9. The maximum Gasteiger partial charge on any atom is 0.161 e. The molecular formula is C17H18N6. The molecule has 3 aromatic rings. The summed E-state index contributed by atoms with van der Waals surface area (Å²) in [6, 6.07) is 6.10. The first-order chi connectivity index (χ1) is 11.2. The number of anilines is 1. The Morgan fingerprint density at radius 1 is 1.22 bits per heavy atom. The summed E-state index contributed by atoms with van der Waals surface area (Å²) in [5.74, 6) is 1.05. The Bertz CT molecular complexity index is 909. The van der Waals surface area contributed by atoms with Crippen LogP contribution in [0.25, 0.3) is 28.1 Å². The standard InChI is InChI=1S/C17H18N6/c1-10-2-3-12-13(8-10)23-17(22-12)15-16(18)20-9-14(21-15)11-4-6-19-7-5-11/h2-4,8-9,19H,5-7H2,1H3,(H2,18,20)(H,22,23). The molecule has 1 aliphatic rings. The lowest BCUT2D eigenvalue weighted by atomic mass is 10.1. The predicted molar refractivity (Wildman–Crippen MR) is 91.7 cm³/mol. The number of nitrogen functional groups attached to an aromatic ring is 1. The third-order valence-corrected chi connectivity index (χ3v) is 4.06. The fourth-order valence-corrected chi connectivity index (χ4v) is 2.82. The lowest BCUT2D eigenvalue weighted by Crippen LogP contribution is -2.20. The van der Waals surface area contributed by atoms with Crippen LogP contribution in [0.5, 0.6) is 0 Å². The second kappa shape index (κ2) is 5.48. The number of aromatic amines is 1. The Kier molecular flexibility index (Phi) is 3.31. The molecule has 3 heterocycles. The summed E-state index contributed by atoms with van der Waals surface area (Å²) in [6.07, 6.45) is 4.83. The van der Waals surface area contributed by atoms with Crippen LogP contribution in [-0.4, -0.2) is 33.0 Å². The van der Waals surface area contributed by atoms with Gasteiger partial charge >= 0.3 is 0 Å². The van der Waals surface area contributed by atoms with Gasteiger partial charge < -0.3 is 16.0 Å². The van der Waals surface area contributed by atoms with Crippen LogP contribution in [0.3, 0.4) is 0 Å². The van der Waals surface area contributed by atoms with Crippen molar-refractivity contribution in [2.45, 2.75) is 13.3 Å². The van der Waals surface area contributed by atoms with E-state index in [1.165, 1.54) is 11.1 Å². The maximum absolute atomic E-state index is 6.04. The number of nitrogens with zero attached hydrogens (tertiary/aromatic N) is 3. The number of hydrogen-bond donors (Lipinski definition) is 3. The van der Waals surface area contributed by atoms with Gasteiger partial charge in [0.15, 0.2) is 11.6 Å². The Hall–Kier alpha value is -2.73. The van der Waals surface area contributed by atoms with Crippen molar-refractivity contribution in [2.75, 3.05) is 18.8 Å². The van der Waals surface area contributed by atoms with Gasteiger partial charge in [0.05, 0.1) is 22.9 Å². The molecule has 1 aliphatic heterocycles. The molecule has 0 bridgehead atoms. The molecule has 0 spiro atoms. The number of benzene rings is 1. The fourth-order valence-electron chi connectivity index (χ4n) is 2.82. The number of rotatable bonds is 2. The van der Waals surface area contributed by atoms with Gasteiger partial charge in [0.2, 0.25) is 0 Å². The summed E-state index contributed by atoms with van der Waals surface area (Å²) < 4.78 is 0. The Balaban J connectivity index is 1.81. The first-order valence-electron chi connectivity index (χ1n) is 7.70. The summed E-state index contributed by atoms with van der Waals surface area (Å²) in [4.78, 5) is 16.9. The molecule has 0 radical (unpaired) electrons. The molecule has 4 N–H and O–H groups in total. The van der Waals surface area contributed by atoms with Crippen molar-refractivity contribution in [2.24, 2.45) is 0 Å². The van der Waals surface area contributed by atoms with Crippen molar-refractivity contribution in [1.29, 1.82) is 0 Å². The van der Waals surface area contributed by atoms with Crippen molar-refractivity contribution in [3.8, 4) is 11.5 Å². The van der Waals surface area contributed by atoms with Crippen LogP contribution in [0.2, 0.25) is 0 Å². The lowest BCUT2D eigenvalue weighted by molar-refractivity contribution is 0.736. The van der Waals surface area contributed by atoms with E-state index in [1.807, 2.05) is 12.1 Å². The van der Waals surface area contributed by atoms with E-state index < -0.39 is 0 Å². The third-order valence-electron chi connectivity index (χ3n) is 4.06. The van der Waals surface area contributed by atoms with Crippen molar-refractivity contribution in [3.63, 3.8) is 0 Å². The molecule has 0 atom stereocenters. The fraction of sp³-hybridized carbons (Fsp3) is 0.235. The lowest BCUT2D eigenvalue weighted by Gasteiger charge is -2.14. The number of H-pyrrole nitrogens is 1. The van der Waals surface area contributed by atoms with Crippen molar-refractivity contribution in [3.05, 3.63) is 41.7 Å². The minimum Gasteiger partial charge on any atom is -0.382 e. The molecule has 0 saturated carbocycles. The van der Waals surface area contributed by atoms with E-state index in [9.17, 15) is 0 Å². The third kappa shape index (κ3) is 2.57. The van der Waals surface area contributed by atoms with Crippen molar-refractivity contribution in [1.82, 2.24) is 25.3 Å². The highest BCUT2D eigenvalue weighted by Gasteiger charge is 2.15. The number of fused-ring (bicyclic) bond motifs is 1. The second-order valence-corrected chi connectivity index (χ2v) is 5.78. The number of aromatic nitrogens is 4. The molecule has 0 amide bonds. The van der Waals surface area contributed by atoms with Gasteiger partial charge in [-0.05, 0) is 43.2 Å². The Labute approximate surface area is 133 Å². The van der Waals surface area contributed by atoms with Gasteiger partial charge in [-0.2, -0.15) is 0 Å². The molecule has 0 unspecified atom stereocenters. The van der Waals surface area contributed by atoms with E-state index in [0.717, 1.165) is 36.2 Å². The van der Waals surface area contributed by atoms with Crippen LogP contribution in [-0.2, 0) is 0 Å². The van der Waals surface area contributed by atoms with Gasteiger partial charge in [0, 0.05) is 6.54 Å². The Morgan fingerprint density at radius 2 is 2.13 bits per heavy atom. The monoisotopic (exact) mass is 306 g/mol. The van der Waals surface area contributed by atoms with E-state index in [2.05, 4.69) is 39.3 Å². The summed E-state index contributed by atoms with van der Waals surface area (Å²) in [5, 5.41) is 3.30. The van der Waals surface area contributed by atoms with Crippen molar-refractivity contribution >= 4 is 22.4 Å². The molecule has 6 heteroatoms. The van der Waals surface area contributed by atoms with Crippen LogP contribution < -0.4 is 11.1 Å². The number of aryl methyl sites for hydroxylation is 1. The zero-order chi connectivity index (χ0) is 15.8. The largest absolute Gasteiger partial charge is 0.382 e. The van der Waals surface area contributed by atoms with Crippen LogP contribution in [0.1, 0.15) is 17.7 Å². The number of nitrogens with two attached hydrogens (primary N) is 1. The predicted octanol–water partition coefficient (Wildman–Crippen LogP) is 2.29. The quantitative estimate of drug-likeness (QED) is 0.675. The zero-order valence-electron chi connectivity index (χ0n) is 12.9. The molecule has 0 aliphatic carbocycles. The van der Waals surface area contributed by atoms with Gasteiger partial charge in [-0.3, -0.25) is 0 Å². The Morgan fingerprint density at radius 3 is 2.96 bits per heavy atom. The molecule has 116 valence electrons. The SMILES string of the molecule is Cc1ccc2nc(-c3nc(C4=CCNCC4)cnc3N)[nH]c2c1. The molecule has 4 rings (SSSR count). The molecular weight excluding hydrogens is 288 g/mol. The average molecular weight is 306 g/mol. The second-order valence-electron chi connectivity index (χ2n) is 5.78. The van der Waals surface area contributed by atoms with Crippen LogP contribution in [0.15, 0.2) is 30.5 Å². The first kappa shape index (κ1) is 13.9. The van der Waals surface area contributed by atoms with E-state index in [4.69, 9.17) is 10.7 Å². The van der Waals surface area contributed by atoms with E-state index in [1.54, 1.807) is 6.20 Å². The van der Waals surface area contributed by atoms with Crippen LogP contribution in [0.4, 0.5) is 5.82 Å². The first-order valence-corrected chi connectivity index (χ1v) is 7.70. The van der Waals surface area contributed by atoms with Crippen molar-refractivity contribution < 1.29 is 0 Å². The number of imidazole rings is 1. The van der Waals surface area contributed by atoms with Gasteiger partial charge in [-0.1, -0.05) is 12.1 Å². The molecule has 2 aromatic heterocycles. The highest BCUT2D eigenvalue weighted by Crippen LogP contribution is 2.26. The zero-order valence-corrected chi connectivity index (χ0v) is 12.9. The van der Waals surface area contributed by atoms with Crippen LogP contribution >= 0.6 is 0 Å². The minimum atomic E-state index is 0.388. The molecule has 23 heavy (non-hydrogen) atoms. The molecule has 0 saturated heterocycles. The van der Waals surface area contributed by atoms with E-state index >= 15 is 0 Å². The summed E-state index contributed by atoms with van der Waals surface area (Å²) >= 11 is 0. The summed E-state index contributed by atoms with van der Waals surface area (Å²) in [7, 11) is 0. The average Bonchev–Trinajstić information content (AvgIpc) is 2.99. The highest BCUT2D eigenvalue weighted by molar-refractivity contribution is 5.81. The molecule has 1 aromatic carbocycles. The molecule has 6 nitrogen and oxygen atoms in total. The number of hydrogen-bond acceptors (Lipinski definition) is 5. The minimum absolute atomic E-state index is 0.388. The summed E-state index contributed by atoms with van der Waals surface area (Å²) in [5.41, 5.74) is 11.8. The topological polar surface area (TPSA) is 92.5 Å². The smallest absolute Gasteiger partial charge is 0.161 e. The summed E-state index contributed by atoms with van der Waals surface area (Å²) in [6.45, 7) is 3.87. The van der Waals surface area contributed by atoms with E-state index in [0.29, 0.717) is 17.3 Å². The molecule has 0 fully saturated rings. The van der Waals surface area contributed by atoms with Gasteiger partial charge in [0.25, 0.3) is 0 Å².